The predicted octanol–water partition coefficient (Wildman–Crippen LogP) is 4.33. The Balaban J connectivity index is 1.75. The minimum Gasteiger partial charge on any atom is -0.496 e. The molecule has 128 valence electrons. The predicted molar refractivity (Wildman–Crippen MR) is 96.0 cm³/mol. The summed E-state index contributed by atoms with van der Waals surface area (Å²) < 4.78 is 5.31. The zero-order valence-electron chi connectivity index (χ0n) is 13.1. The van der Waals surface area contributed by atoms with Crippen molar-refractivity contribution in [1.29, 1.82) is 0 Å². The highest BCUT2D eigenvalue weighted by Gasteiger charge is 2.13. The molecule has 1 aromatic heterocycles. The lowest BCUT2D eigenvalue weighted by atomic mass is 10.2. The summed E-state index contributed by atoms with van der Waals surface area (Å²) in [7, 11) is 1.57. The number of H-pyrrole nitrogens is 1. The normalized spacial score (nSPS) is 10.6. The van der Waals surface area contributed by atoms with Gasteiger partial charge in [-0.3, -0.25) is 15.2 Å². The van der Waals surface area contributed by atoms with Gasteiger partial charge in [-0.2, -0.15) is 0 Å². The van der Waals surface area contributed by atoms with Crippen LogP contribution >= 0.6 is 23.4 Å². The lowest BCUT2D eigenvalue weighted by Crippen LogP contribution is -1.90. The van der Waals surface area contributed by atoms with E-state index < -0.39 is 4.92 Å². The van der Waals surface area contributed by atoms with Gasteiger partial charge in [0, 0.05) is 22.9 Å². The molecule has 0 bridgehead atoms. The smallest absolute Gasteiger partial charge is 0.269 e. The fraction of sp³-hybridized carbons (Fsp3) is 0.125. The molecule has 0 aliphatic carbocycles. The number of thioether (sulfide) groups is 1. The molecule has 0 radical (unpaired) electrons. The molecule has 7 nitrogen and oxygen atoms in total. The quantitative estimate of drug-likeness (QED) is 0.391. The summed E-state index contributed by atoms with van der Waals surface area (Å²) in [4.78, 5) is 14.8. The lowest BCUT2D eigenvalue weighted by molar-refractivity contribution is -0.384. The van der Waals surface area contributed by atoms with Crippen LogP contribution in [0.5, 0.6) is 5.75 Å². The number of hydrogen-bond donors (Lipinski definition) is 1. The second kappa shape index (κ2) is 7.54. The molecule has 1 heterocycles. The second-order valence-electron chi connectivity index (χ2n) is 5.03. The largest absolute Gasteiger partial charge is 0.496 e. The first kappa shape index (κ1) is 17.2. The molecule has 0 saturated heterocycles. The van der Waals surface area contributed by atoms with Gasteiger partial charge >= 0.3 is 0 Å². The summed E-state index contributed by atoms with van der Waals surface area (Å²) in [5.41, 5.74) is 1.60. The first-order valence-electron chi connectivity index (χ1n) is 7.19. The van der Waals surface area contributed by atoms with Gasteiger partial charge in [0.2, 0.25) is 5.16 Å². The van der Waals surface area contributed by atoms with Crippen LogP contribution in [-0.2, 0) is 5.75 Å². The van der Waals surface area contributed by atoms with Crippen LogP contribution in [0.1, 0.15) is 5.56 Å². The van der Waals surface area contributed by atoms with Crippen molar-refractivity contribution in [3.8, 4) is 17.1 Å². The molecule has 0 saturated carbocycles. The fourth-order valence-electron chi connectivity index (χ4n) is 2.20. The third-order valence-electron chi connectivity index (χ3n) is 3.37. The third-order valence-corrected chi connectivity index (χ3v) is 4.52. The van der Waals surface area contributed by atoms with Crippen molar-refractivity contribution in [2.75, 3.05) is 7.11 Å². The number of nitro benzene ring substituents is 1. The molecule has 2 aromatic carbocycles. The Hall–Kier alpha value is -2.58. The van der Waals surface area contributed by atoms with Crippen LogP contribution in [0.2, 0.25) is 5.02 Å². The zero-order chi connectivity index (χ0) is 17.8. The van der Waals surface area contributed by atoms with Gasteiger partial charge in [0.25, 0.3) is 5.69 Å². The van der Waals surface area contributed by atoms with Gasteiger partial charge in [-0.05, 0) is 23.8 Å². The Morgan fingerprint density at radius 1 is 1.32 bits per heavy atom. The number of nitrogens with one attached hydrogen (secondary N) is 1. The van der Waals surface area contributed by atoms with Crippen molar-refractivity contribution in [2.45, 2.75) is 10.9 Å². The highest BCUT2D eigenvalue weighted by Crippen LogP contribution is 2.31. The van der Waals surface area contributed by atoms with Gasteiger partial charge in [-0.1, -0.05) is 35.5 Å². The molecule has 0 fully saturated rings. The number of nitrogens with zero attached hydrogens (tertiary/aromatic N) is 3. The number of aromatic amines is 1. The Labute approximate surface area is 152 Å². The van der Waals surface area contributed by atoms with Gasteiger partial charge in [0.1, 0.15) is 5.75 Å². The number of rotatable bonds is 6. The number of benzene rings is 2. The molecule has 0 amide bonds. The fourth-order valence-corrected chi connectivity index (χ4v) is 3.12. The van der Waals surface area contributed by atoms with Crippen LogP contribution in [0.15, 0.2) is 47.6 Å². The maximum atomic E-state index is 10.8. The van der Waals surface area contributed by atoms with Gasteiger partial charge < -0.3 is 4.74 Å². The van der Waals surface area contributed by atoms with Crippen molar-refractivity contribution >= 4 is 29.1 Å². The topological polar surface area (TPSA) is 93.9 Å². The minimum absolute atomic E-state index is 0.0671. The molecule has 9 heteroatoms. The van der Waals surface area contributed by atoms with E-state index in [1.54, 1.807) is 37.4 Å². The second-order valence-corrected chi connectivity index (χ2v) is 6.41. The van der Waals surface area contributed by atoms with E-state index in [0.717, 1.165) is 5.56 Å². The van der Waals surface area contributed by atoms with E-state index in [0.29, 0.717) is 33.1 Å². The molecule has 0 aliphatic rings. The van der Waals surface area contributed by atoms with Crippen molar-refractivity contribution in [2.24, 2.45) is 0 Å². The number of methoxy groups -OCH3 is 1. The van der Waals surface area contributed by atoms with E-state index in [4.69, 9.17) is 16.3 Å². The summed E-state index contributed by atoms with van der Waals surface area (Å²) in [6, 6.07) is 11.7. The number of aromatic nitrogens is 3. The Morgan fingerprint density at radius 3 is 2.92 bits per heavy atom. The third kappa shape index (κ3) is 4.09. The molecular weight excluding hydrogens is 364 g/mol. The van der Waals surface area contributed by atoms with E-state index in [2.05, 4.69) is 15.2 Å². The van der Waals surface area contributed by atoms with Crippen molar-refractivity contribution in [1.82, 2.24) is 15.2 Å². The summed E-state index contributed by atoms with van der Waals surface area (Å²) >= 11 is 7.41. The standard InChI is InChI=1S/C16H13ClN4O3S/c1-24-14-6-5-11(17)8-13(14)15-18-16(20-19-15)25-9-10-3-2-4-12(7-10)21(22)23/h2-8H,9H2,1H3,(H,18,19,20). The number of ether oxygens (including phenoxy) is 1. The first-order chi connectivity index (χ1) is 12.1. The lowest BCUT2D eigenvalue weighted by Gasteiger charge is -2.05. The van der Waals surface area contributed by atoms with Gasteiger partial charge in [0.05, 0.1) is 17.6 Å². The average Bonchev–Trinajstić information content (AvgIpc) is 3.09. The number of hydrogen-bond acceptors (Lipinski definition) is 6. The van der Waals surface area contributed by atoms with Crippen molar-refractivity contribution in [3.05, 3.63) is 63.2 Å². The van der Waals surface area contributed by atoms with E-state index in [1.807, 2.05) is 6.07 Å². The van der Waals surface area contributed by atoms with E-state index in [9.17, 15) is 10.1 Å². The SMILES string of the molecule is COc1ccc(Cl)cc1-c1nc(SCc2cccc([N+](=O)[O-])c2)n[nH]1. The van der Waals surface area contributed by atoms with Crippen molar-refractivity contribution in [3.63, 3.8) is 0 Å². The molecule has 0 unspecified atom stereocenters. The number of halogens is 1. The highest BCUT2D eigenvalue weighted by molar-refractivity contribution is 7.98. The molecule has 0 atom stereocenters. The monoisotopic (exact) mass is 376 g/mol. The molecule has 1 N–H and O–H groups in total. The Morgan fingerprint density at radius 2 is 2.16 bits per heavy atom. The number of nitro groups is 1. The van der Waals surface area contributed by atoms with E-state index in [1.165, 1.54) is 17.8 Å². The molecule has 3 aromatic rings. The maximum absolute atomic E-state index is 10.8. The Bertz CT molecular complexity index is 916. The van der Waals surface area contributed by atoms with E-state index in [-0.39, 0.29) is 5.69 Å². The van der Waals surface area contributed by atoms with Crippen LogP contribution < -0.4 is 4.74 Å². The average molecular weight is 377 g/mol. The molecule has 25 heavy (non-hydrogen) atoms. The summed E-state index contributed by atoms with van der Waals surface area (Å²) in [5.74, 6) is 1.70. The number of non-ortho nitro benzene ring substituents is 1. The highest BCUT2D eigenvalue weighted by atomic mass is 35.5. The van der Waals surface area contributed by atoms with E-state index >= 15 is 0 Å². The van der Waals surface area contributed by atoms with Gasteiger partial charge in [-0.25, -0.2) is 4.98 Å². The molecular formula is C16H13ClN4O3S. The Kier molecular flexibility index (Phi) is 5.20. The minimum atomic E-state index is -0.412. The molecule has 0 aliphatic heterocycles. The molecule has 3 rings (SSSR count). The maximum Gasteiger partial charge on any atom is 0.269 e. The molecule has 0 spiro atoms. The van der Waals surface area contributed by atoms with Crippen LogP contribution in [0.25, 0.3) is 11.4 Å². The summed E-state index contributed by atoms with van der Waals surface area (Å²) in [6.45, 7) is 0. The summed E-state index contributed by atoms with van der Waals surface area (Å²) in [6.07, 6.45) is 0. The van der Waals surface area contributed by atoms with Crippen LogP contribution in [-0.4, -0.2) is 27.2 Å². The van der Waals surface area contributed by atoms with Crippen LogP contribution in [0.4, 0.5) is 5.69 Å². The zero-order valence-corrected chi connectivity index (χ0v) is 14.7. The summed E-state index contributed by atoms with van der Waals surface area (Å²) in [5, 5.41) is 18.9. The first-order valence-corrected chi connectivity index (χ1v) is 8.55. The van der Waals surface area contributed by atoms with Gasteiger partial charge in [-0.15, -0.1) is 5.10 Å². The van der Waals surface area contributed by atoms with Crippen molar-refractivity contribution < 1.29 is 9.66 Å². The van der Waals surface area contributed by atoms with Gasteiger partial charge in [0.15, 0.2) is 5.82 Å². The van der Waals surface area contributed by atoms with Crippen LogP contribution in [0.3, 0.4) is 0 Å². The van der Waals surface area contributed by atoms with Crippen LogP contribution in [0, 0.1) is 10.1 Å².